The number of sulfonamides is 1. The predicted octanol–water partition coefficient (Wildman–Crippen LogP) is 2.08. The average molecular weight is 421 g/mol. The van der Waals surface area contributed by atoms with Crippen molar-refractivity contribution in [1.29, 1.82) is 0 Å². The van der Waals surface area contributed by atoms with E-state index in [2.05, 4.69) is 10.5 Å². The van der Waals surface area contributed by atoms with Crippen molar-refractivity contribution in [2.24, 2.45) is 0 Å². The molecule has 28 heavy (non-hydrogen) atoms. The topological polar surface area (TPSA) is 110 Å². The number of carbonyl (C=O) groups is 1. The molecule has 146 valence electrons. The Morgan fingerprint density at radius 3 is 2.43 bits per heavy atom. The van der Waals surface area contributed by atoms with E-state index < -0.39 is 15.9 Å². The van der Waals surface area contributed by atoms with Gasteiger partial charge in [0.25, 0.3) is 21.5 Å². The lowest BCUT2D eigenvalue weighted by atomic mass is 10.1. The van der Waals surface area contributed by atoms with Crippen molar-refractivity contribution < 1.29 is 13.2 Å². The molecule has 0 radical (unpaired) electrons. The van der Waals surface area contributed by atoms with Crippen molar-refractivity contribution in [1.82, 2.24) is 20.0 Å². The third-order valence-corrected chi connectivity index (χ3v) is 5.69. The monoisotopic (exact) mass is 420 g/mol. The fourth-order valence-corrected chi connectivity index (χ4v) is 4.02. The molecule has 10 heteroatoms. The van der Waals surface area contributed by atoms with Crippen LogP contribution >= 0.6 is 11.6 Å². The maximum Gasteiger partial charge on any atom is 0.287 e. The summed E-state index contributed by atoms with van der Waals surface area (Å²) < 4.78 is 26.0. The first-order chi connectivity index (χ1) is 13.3. The number of amides is 1. The predicted molar refractivity (Wildman–Crippen MR) is 106 cm³/mol. The first kappa shape index (κ1) is 20.0. The number of hydrogen-bond acceptors (Lipinski definition) is 5. The molecule has 0 spiro atoms. The number of fused-ring (bicyclic) bond motifs is 1. The lowest BCUT2D eigenvalue weighted by Gasteiger charge is -2.12. The highest BCUT2D eigenvalue weighted by molar-refractivity contribution is 7.89. The van der Waals surface area contributed by atoms with Gasteiger partial charge in [-0.25, -0.2) is 13.1 Å². The summed E-state index contributed by atoms with van der Waals surface area (Å²) in [6.07, 6.45) is 0.644. The van der Waals surface area contributed by atoms with Gasteiger partial charge in [0.05, 0.1) is 10.4 Å². The second-order valence-electron chi connectivity index (χ2n) is 5.91. The number of nitrogens with zero attached hydrogens (tertiary/aromatic N) is 2. The Morgan fingerprint density at radius 1 is 1.11 bits per heavy atom. The van der Waals surface area contributed by atoms with Crippen molar-refractivity contribution in [2.45, 2.75) is 24.8 Å². The van der Waals surface area contributed by atoms with E-state index in [0.717, 1.165) is 0 Å². The number of nitrogens with one attached hydrogen (secondary N) is 2. The summed E-state index contributed by atoms with van der Waals surface area (Å²) in [4.78, 5) is 26.9. The fraction of sp³-hybridized carbons (Fsp3) is 0.167. The van der Waals surface area contributed by atoms with Crippen LogP contribution in [0, 0.1) is 0 Å². The molecule has 3 rings (SSSR count). The molecule has 8 nitrogen and oxygen atoms in total. The minimum Gasteiger partial charge on any atom is -0.272 e. The van der Waals surface area contributed by atoms with E-state index >= 15 is 0 Å². The number of rotatable bonds is 6. The molecule has 0 fully saturated rings. The molecule has 0 bridgehead atoms. The van der Waals surface area contributed by atoms with Crippen molar-refractivity contribution >= 4 is 38.3 Å². The Morgan fingerprint density at radius 2 is 1.75 bits per heavy atom. The highest BCUT2D eigenvalue weighted by Crippen LogP contribution is 2.20. The number of aryl methyl sites for hydroxylation is 1. The zero-order valence-electron chi connectivity index (χ0n) is 14.8. The van der Waals surface area contributed by atoms with Crippen LogP contribution in [0.3, 0.4) is 0 Å². The Balaban J connectivity index is 1.95. The molecule has 0 unspecified atom stereocenters. The lowest BCUT2D eigenvalue weighted by Crippen LogP contribution is -2.42. The van der Waals surface area contributed by atoms with E-state index in [9.17, 15) is 18.0 Å². The molecule has 2 aromatic carbocycles. The second kappa shape index (κ2) is 8.09. The smallest absolute Gasteiger partial charge is 0.272 e. The molecule has 0 saturated heterocycles. The third kappa shape index (κ3) is 3.91. The van der Waals surface area contributed by atoms with E-state index in [1.165, 1.54) is 22.9 Å². The van der Waals surface area contributed by atoms with E-state index in [1.54, 1.807) is 30.3 Å². The summed E-state index contributed by atoms with van der Waals surface area (Å²) in [5.74, 6) is -0.795. The van der Waals surface area contributed by atoms with Gasteiger partial charge in [-0.2, -0.15) is 5.10 Å². The Labute approximate surface area is 166 Å². The summed E-state index contributed by atoms with van der Waals surface area (Å²) in [6, 6.07) is 12.4. The van der Waals surface area contributed by atoms with Crippen LogP contribution in [-0.2, 0) is 16.6 Å². The van der Waals surface area contributed by atoms with Crippen molar-refractivity contribution in [3.8, 4) is 0 Å². The molecular formula is C18H17ClN4O4S. The van der Waals surface area contributed by atoms with Gasteiger partial charge in [-0.05, 0) is 24.6 Å². The van der Waals surface area contributed by atoms with E-state index in [4.69, 9.17) is 11.6 Å². The second-order valence-corrected chi connectivity index (χ2v) is 7.97. The molecule has 1 heterocycles. The first-order valence-electron chi connectivity index (χ1n) is 8.41. The fourth-order valence-electron chi connectivity index (χ4n) is 2.66. The van der Waals surface area contributed by atoms with Crippen LogP contribution < -0.4 is 15.8 Å². The molecule has 0 aliphatic rings. The minimum absolute atomic E-state index is 0.0179. The minimum atomic E-state index is -4.09. The molecule has 3 aromatic rings. The van der Waals surface area contributed by atoms with Gasteiger partial charge in [-0.3, -0.25) is 15.0 Å². The summed E-state index contributed by atoms with van der Waals surface area (Å²) >= 11 is 5.91. The normalized spacial score (nSPS) is 11.5. The maximum atomic E-state index is 12.6. The molecule has 0 aliphatic heterocycles. The van der Waals surface area contributed by atoms with Gasteiger partial charge in [-0.15, -0.1) is 4.83 Å². The van der Waals surface area contributed by atoms with Crippen LogP contribution in [-0.4, -0.2) is 24.1 Å². The molecule has 2 N–H and O–H groups in total. The summed E-state index contributed by atoms with van der Waals surface area (Å²) in [5, 5.41) is 4.78. The van der Waals surface area contributed by atoms with Crippen LogP contribution in [0.25, 0.3) is 10.8 Å². The zero-order valence-corrected chi connectivity index (χ0v) is 16.4. The first-order valence-corrected chi connectivity index (χ1v) is 10.3. The maximum absolute atomic E-state index is 12.6. The van der Waals surface area contributed by atoms with Crippen molar-refractivity contribution in [3.05, 3.63) is 69.6 Å². The van der Waals surface area contributed by atoms with Crippen LogP contribution in [0.15, 0.2) is 58.2 Å². The average Bonchev–Trinajstić information content (AvgIpc) is 2.69. The van der Waals surface area contributed by atoms with Crippen LogP contribution in [0.2, 0.25) is 5.02 Å². The number of hydrogen-bond donors (Lipinski definition) is 2. The number of benzene rings is 2. The molecule has 0 saturated carbocycles. The van der Waals surface area contributed by atoms with Gasteiger partial charge >= 0.3 is 0 Å². The number of carbonyl (C=O) groups excluding carboxylic acids is 1. The van der Waals surface area contributed by atoms with Gasteiger partial charge in [0.1, 0.15) is 4.90 Å². The zero-order chi connectivity index (χ0) is 20.3. The quantitative estimate of drug-likeness (QED) is 0.593. The Kier molecular flexibility index (Phi) is 5.78. The summed E-state index contributed by atoms with van der Waals surface area (Å²) in [7, 11) is -4.09. The molecular weight excluding hydrogens is 404 g/mol. The third-order valence-electron chi connectivity index (χ3n) is 3.94. The van der Waals surface area contributed by atoms with Crippen LogP contribution in [0.1, 0.15) is 23.8 Å². The molecule has 0 aliphatic carbocycles. The standard InChI is InChI=1S/C18H17ClN4O4S/c1-2-11-23-18(25)13-8-4-3-7-12(13)16(21-23)17(24)20-22-28(26,27)15-10-6-5-9-14(15)19/h3-10,22H,2,11H2,1H3,(H,20,24). The highest BCUT2D eigenvalue weighted by Gasteiger charge is 2.21. The van der Waals surface area contributed by atoms with E-state index in [0.29, 0.717) is 23.7 Å². The number of aromatic nitrogens is 2. The Bertz CT molecular complexity index is 1210. The van der Waals surface area contributed by atoms with Gasteiger partial charge in [0.2, 0.25) is 0 Å². The summed E-state index contributed by atoms with van der Waals surface area (Å²) in [5.41, 5.74) is 1.75. The SMILES string of the molecule is CCCn1nc(C(=O)NNS(=O)(=O)c2ccccc2Cl)c2ccccc2c1=O. The number of hydrazine groups is 1. The van der Waals surface area contributed by atoms with Gasteiger partial charge in [0.15, 0.2) is 5.69 Å². The number of halogens is 1. The van der Waals surface area contributed by atoms with Gasteiger partial charge in [0, 0.05) is 11.9 Å². The molecule has 1 aromatic heterocycles. The van der Waals surface area contributed by atoms with Gasteiger partial charge in [-0.1, -0.05) is 48.9 Å². The van der Waals surface area contributed by atoms with E-state index in [-0.39, 0.29) is 21.2 Å². The summed E-state index contributed by atoms with van der Waals surface area (Å²) in [6.45, 7) is 2.20. The van der Waals surface area contributed by atoms with Crippen molar-refractivity contribution in [2.75, 3.05) is 0 Å². The molecule has 1 amide bonds. The lowest BCUT2D eigenvalue weighted by molar-refractivity contribution is 0.0939. The van der Waals surface area contributed by atoms with Crippen LogP contribution in [0.5, 0.6) is 0 Å². The largest absolute Gasteiger partial charge is 0.287 e. The highest BCUT2D eigenvalue weighted by atomic mass is 35.5. The van der Waals surface area contributed by atoms with Crippen molar-refractivity contribution in [3.63, 3.8) is 0 Å². The molecule has 0 atom stereocenters. The van der Waals surface area contributed by atoms with Crippen LogP contribution in [0.4, 0.5) is 0 Å². The Hall–Kier alpha value is -2.75. The van der Waals surface area contributed by atoms with E-state index in [1.807, 2.05) is 11.8 Å². The van der Waals surface area contributed by atoms with Gasteiger partial charge < -0.3 is 0 Å².